The lowest BCUT2D eigenvalue weighted by atomic mass is 10.0. The highest BCUT2D eigenvalue weighted by molar-refractivity contribution is 6.31. The molecule has 2 rings (SSSR count). The van der Waals surface area contributed by atoms with Crippen molar-refractivity contribution in [2.45, 2.75) is 26.3 Å². The number of ether oxygens (including phenoxy) is 1. The Hall–Kier alpha value is -2.27. The molecule has 0 aliphatic rings. The van der Waals surface area contributed by atoms with E-state index in [-0.39, 0.29) is 12.3 Å². The molecule has 1 aromatic heterocycles. The second kappa shape index (κ2) is 7.33. The van der Waals surface area contributed by atoms with Crippen LogP contribution in [0.4, 0.5) is 0 Å². The molecule has 6 heteroatoms. The minimum atomic E-state index is -0.585. The Morgan fingerprint density at radius 2 is 2.00 bits per heavy atom. The quantitative estimate of drug-likeness (QED) is 0.848. The van der Waals surface area contributed by atoms with Crippen LogP contribution in [-0.4, -0.2) is 19.0 Å². The third-order valence-corrected chi connectivity index (χ3v) is 3.81. The van der Waals surface area contributed by atoms with Crippen molar-refractivity contribution in [1.82, 2.24) is 5.32 Å². The Kier molecular flexibility index (Phi) is 5.45. The second-order valence-electron chi connectivity index (χ2n) is 5.15. The summed E-state index contributed by atoms with van der Waals surface area (Å²) >= 11 is 6.19. The molecule has 0 aliphatic heterocycles. The van der Waals surface area contributed by atoms with Gasteiger partial charge in [0.1, 0.15) is 11.5 Å². The van der Waals surface area contributed by atoms with Crippen LogP contribution in [0.3, 0.4) is 0 Å². The van der Waals surface area contributed by atoms with E-state index in [2.05, 4.69) is 5.32 Å². The largest absolute Gasteiger partial charge is 0.469 e. The van der Waals surface area contributed by atoms with Gasteiger partial charge in [0.25, 0.3) is 5.91 Å². The van der Waals surface area contributed by atoms with Gasteiger partial charge >= 0.3 is 5.97 Å². The first-order valence-electron chi connectivity index (χ1n) is 7.11. The predicted molar refractivity (Wildman–Crippen MR) is 86.5 cm³/mol. The average Bonchev–Trinajstić information content (AvgIpc) is 2.85. The lowest BCUT2D eigenvalue weighted by Crippen LogP contribution is -2.30. The zero-order chi connectivity index (χ0) is 17.0. The van der Waals surface area contributed by atoms with E-state index in [9.17, 15) is 9.59 Å². The first kappa shape index (κ1) is 17.1. The third-order valence-electron chi connectivity index (χ3n) is 3.47. The molecule has 0 saturated heterocycles. The third kappa shape index (κ3) is 4.13. The highest BCUT2D eigenvalue weighted by Crippen LogP contribution is 2.26. The van der Waals surface area contributed by atoms with E-state index < -0.39 is 12.0 Å². The molecule has 0 radical (unpaired) electrons. The van der Waals surface area contributed by atoms with Crippen molar-refractivity contribution in [3.05, 3.63) is 58.0 Å². The minimum absolute atomic E-state index is 0.0120. The zero-order valence-electron chi connectivity index (χ0n) is 13.2. The molecule has 23 heavy (non-hydrogen) atoms. The summed E-state index contributed by atoms with van der Waals surface area (Å²) in [6.07, 6.45) is -0.0120. The number of aryl methyl sites for hydroxylation is 2. The summed E-state index contributed by atoms with van der Waals surface area (Å²) in [6.45, 7) is 3.48. The van der Waals surface area contributed by atoms with Crippen LogP contribution < -0.4 is 5.32 Å². The van der Waals surface area contributed by atoms with Crippen LogP contribution >= 0.6 is 11.6 Å². The first-order chi connectivity index (χ1) is 10.9. The molecule has 0 aliphatic carbocycles. The van der Waals surface area contributed by atoms with Crippen molar-refractivity contribution in [2.24, 2.45) is 0 Å². The molecule has 0 fully saturated rings. The van der Waals surface area contributed by atoms with Gasteiger partial charge in [0, 0.05) is 5.02 Å². The van der Waals surface area contributed by atoms with E-state index in [1.54, 1.807) is 44.2 Å². The van der Waals surface area contributed by atoms with Crippen molar-refractivity contribution in [2.75, 3.05) is 7.11 Å². The number of hydrogen-bond acceptors (Lipinski definition) is 4. The van der Waals surface area contributed by atoms with E-state index >= 15 is 0 Å². The molecular weight excluding hydrogens is 318 g/mol. The standard InChI is InChI=1S/C17H18ClNO4/c1-10-8-13(11(2)23-10)17(21)19-15(9-16(20)22-3)12-6-4-5-7-14(12)18/h4-8,15H,9H2,1-3H3,(H,19,21). The number of amides is 1. The van der Waals surface area contributed by atoms with Crippen LogP contribution in [0.25, 0.3) is 0 Å². The monoisotopic (exact) mass is 335 g/mol. The summed E-state index contributed by atoms with van der Waals surface area (Å²) in [5.41, 5.74) is 1.09. The summed E-state index contributed by atoms with van der Waals surface area (Å²) in [6, 6.07) is 8.13. The van der Waals surface area contributed by atoms with Gasteiger partial charge in [0.2, 0.25) is 0 Å². The fourth-order valence-electron chi connectivity index (χ4n) is 2.34. The smallest absolute Gasteiger partial charge is 0.307 e. The summed E-state index contributed by atoms with van der Waals surface area (Å²) in [4.78, 5) is 24.1. The van der Waals surface area contributed by atoms with E-state index in [4.69, 9.17) is 20.8 Å². The van der Waals surface area contributed by atoms with Gasteiger partial charge in [0.05, 0.1) is 25.1 Å². The Bertz CT molecular complexity index is 723. The fraction of sp³-hybridized carbons (Fsp3) is 0.294. The van der Waals surface area contributed by atoms with Crippen LogP contribution in [0.2, 0.25) is 5.02 Å². The van der Waals surface area contributed by atoms with E-state index in [1.165, 1.54) is 7.11 Å². The number of hydrogen-bond donors (Lipinski definition) is 1. The number of halogens is 1. The van der Waals surface area contributed by atoms with Gasteiger partial charge < -0.3 is 14.5 Å². The van der Waals surface area contributed by atoms with Crippen LogP contribution in [0, 0.1) is 13.8 Å². The number of nitrogens with one attached hydrogen (secondary N) is 1. The predicted octanol–water partition coefficient (Wildman–Crippen LogP) is 3.58. The van der Waals surface area contributed by atoms with Gasteiger partial charge in [0.15, 0.2) is 0 Å². The van der Waals surface area contributed by atoms with Gasteiger partial charge in [-0.1, -0.05) is 29.8 Å². The van der Waals surface area contributed by atoms with Gasteiger partial charge in [-0.3, -0.25) is 9.59 Å². The molecule has 0 bridgehead atoms. The molecular formula is C17H18ClNO4. The van der Waals surface area contributed by atoms with Gasteiger partial charge in [-0.25, -0.2) is 0 Å². The number of esters is 1. The Balaban J connectivity index is 2.27. The second-order valence-corrected chi connectivity index (χ2v) is 5.56. The van der Waals surface area contributed by atoms with E-state index in [0.717, 1.165) is 0 Å². The van der Waals surface area contributed by atoms with Crippen LogP contribution in [-0.2, 0) is 9.53 Å². The van der Waals surface area contributed by atoms with Crippen molar-refractivity contribution in [1.29, 1.82) is 0 Å². The van der Waals surface area contributed by atoms with Crippen molar-refractivity contribution >= 4 is 23.5 Å². The van der Waals surface area contributed by atoms with E-state index in [1.807, 2.05) is 0 Å². The van der Waals surface area contributed by atoms with E-state index in [0.29, 0.717) is 27.7 Å². The number of rotatable bonds is 5. The number of benzene rings is 1. The van der Waals surface area contributed by atoms with Crippen LogP contribution in [0.1, 0.15) is 39.9 Å². The van der Waals surface area contributed by atoms with Crippen LogP contribution in [0.15, 0.2) is 34.7 Å². The molecule has 1 atom stereocenters. The molecule has 1 amide bonds. The normalized spacial score (nSPS) is 11.8. The fourth-order valence-corrected chi connectivity index (χ4v) is 2.61. The van der Waals surface area contributed by atoms with Gasteiger partial charge in [-0.2, -0.15) is 0 Å². The molecule has 0 saturated carbocycles. The number of methoxy groups -OCH3 is 1. The molecule has 122 valence electrons. The summed E-state index contributed by atoms with van der Waals surface area (Å²) in [7, 11) is 1.30. The molecule has 5 nitrogen and oxygen atoms in total. The number of carbonyl (C=O) groups is 2. The molecule has 0 spiro atoms. The van der Waals surface area contributed by atoms with Gasteiger partial charge in [-0.05, 0) is 31.5 Å². The number of furan rings is 1. The minimum Gasteiger partial charge on any atom is -0.469 e. The molecule has 1 aromatic carbocycles. The molecule has 1 N–H and O–H groups in total. The maximum Gasteiger partial charge on any atom is 0.307 e. The highest BCUT2D eigenvalue weighted by atomic mass is 35.5. The topological polar surface area (TPSA) is 68.5 Å². The Labute approximate surface area is 139 Å². The maximum atomic E-state index is 12.5. The summed E-state index contributed by atoms with van der Waals surface area (Å²) in [5, 5.41) is 3.30. The lowest BCUT2D eigenvalue weighted by molar-refractivity contribution is -0.141. The number of carbonyl (C=O) groups excluding carboxylic acids is 2. The zero-order valence-corrected chi connectivity index (χ0v) is 13.9. The van der Waals surface area contributed by atoms with Crippen molar-refractivity contribution in [3.63, 3.8) is 0 Å². The molecule has 1 heterocycles. The maximum absolute atomic E-state index is 12.5. The molecule has 2 aromatic rings. The lowest BCUT2D eigenvalue weighted by Gasteiger charge is -2.19. The summed E-state index contributed by atoms with van der Waals surface area (Å²) in [5.74, 6) is 0.411. The SMILES string of the molecule is COC(=O)CC(NC(=O)c1cc(C)oc1C)c1ccccc1Cl. The highest BCUT2D eigenvalue weighted by Gasteiger charge is 2.23. The van der Waals surface area contributed by atoms with Gasteiger partial charge in [-0.15, -0.1) is 0 Å². The average molecular weight is 336 g/mol. The first-order valence-corrected chi connectivity index (χ1v) is 7.49. The van der Waals surface area contributed by atoms with Crippen molar-refractivity contribution < 1.29 is 18.7 Å². The summed E-state index contributed by atoms with van der Waals surface area (Å²) < 4.78 is 10.1. The van der Waals surface area contributed by atoms with Crippen LogP contribution in [0.5, 0.6) is 0 Å². The van der Waals surface area contributed by atoms with Crippen molar-refractivity contribution in [3.8, 4) is 0 Å². The Morgan fingerprint density at radius 1 is 1.30 bits per heavy atom. The Morgan fingerprint density at radius 3 is 2.57 bits per heavy atom. The molecule has 1 unspecified atom stereocenters.